The standard InChI is InChI=1S/C34H36N4O3/c1-3-21(2)30(34(41)37-19-17-23(18-20-37)32(35)39)38-31(24-13-7-8-14-25(24)33(38)40)28-26-15-9-10-16-27(26)36-29(28)22-11-5-4-6-12-22/h4-16,21,23,30-31,36H,3,17-20H2,1-2H3,(H2,35,39). The Kier molecular flexibility index (Phi) is 7.12. The molecule has 1 aromatic heterocycles. The fourth-order valence-electron chi connectivity index (χ4n) is 6.63. The Morgan fingerprint density at radius 2 is 1.61 bits per heavy atom. The highest BCUT2D eigenvalue weighted by molar-refractivity contribution is 6.04. The van der Waals surface area contributed by atoms with Crippen LogP contribution in [0.4, 0.5) is 0 Å². The summed E-state index contributed by atoms with van der Waals surface area (Å²) in [6, 6.07) is 25.0. The lowest BCUT2D eigenvalue weighted by Crippen LogP contribution is -2.55. The molecule has 3 unspecified atom stereocenters. The lowest BCUT2D eigenvalue weighted by atomic mass is 9.89. The molecule has 1 fully saturated rings. The third-order valence-corrected chi connectivity index (χ3v) is 9.03. The second-order valence-corrected chi connectivity index (χ2v) is 11.4. The second-order valence-electron chi connectivity index (χ2n) is 11.4. The first kappa shape index (κ1) is 26.8. The molecule has 41 heavy (non-hydrogen) atoms. The monoisotopic (exact) mass is 548 g/mol. The molecule has 0 radical (unpaired) electrons. The maximum Gasteiger partial charge on any atom is 0.255 e. The molecule has 6 rings (SSSR count). The van der Waals surface area contributed by atoms with E-state index in [1.54, 1.807) is 0 Å². The number of aromatic amines is 1. The number of rotatable bonds is 7. The van der Waals surface area contributed by atoms with Gasteiger partial charge in [-0.1, -0.05) is 87.0 Å². The Balaban J connectivity index is 1.52. The van der Waals surface area contributed by atoms with Crippen molar-refractivity contribution in [2.75, 3.05) is 13.1 Å². The van der Waals surface area contributed by atoms with Gasteiger partial charge in [-0.3, -0.25) is 14.4 Å². The normalized spacial score (nSPS) is 18.9. The Morgan fingerprint density at radius 3 is 2.32 bits per heavy atom. The van der Waals surface area contributed by atoms with Crippen molar-refractivity contribution >= 4 is 28.6 Å². The third kappa shape index (κ3) is 4.59. The van der Waals surface area contributed by atoms with Crippen LogP contribution in [0.5, 0.6) is 0 Å². The van der Waals surface area contributed by atoms with Crippen LogP contribution in [0.1, 0.15) is 60.6 Å². The largest absolute Gasteiger partial charge is 0.369 e. The van der Waals surface area contributed by atoms with Gasteiger partial charge in [-0.25, -0.2) is 0 Å². The third-order valence-electron chi connectivity index (χ3n) is 9.03. The highest BCUT2D eigenvalue weighted by Crippen LogP contribution is 2.47. The number of H-pyrrole nitrogens is 1. The lowest BCUT2D eigenvalue weighted by Gasteiger charge is -2.41. The average Bonchev–Trinajstić information content (AvgIpc) is 3.52. The highest BCUT2D eigenvalue weighted by Gasteiger charge is 2.48. The topological polar surface area (TPSA) is 99.5 Å². The summed E-state index contributed by atoms with van der Waals surface area (Å²) in [6.07, 6.45) is 1.83. The summed E-state index contributed by atoms with van der Waals surface area (Å²) in [5.74, 6) is -0.794. The zero-order valence-corrected chi connectivity index (χ0v) is 23.5. The van der Waals surface area contributed by atoms with Crippen molar-refractivity contribution in [2.24, 2.45) is 17.6 Å². The molecule has 0 spiro atoms. The van der Waals surface area contributed by atoms with Crippen molar-refractivity contribution in [3.05, 3.63) is 95.6 Å². The van der Waals surface area contributed by atoms with E-state index in [1.165, 1.54) is 0 Å². The lowest BCUT2D eigenvalue weighted by molar-refractivity contribution is -0.141. The SMILES string of the molecule is CCC(C)C(C(=O)N1CCC(C(N)=O)CC1)N1C(=O)c2ccccc2C1c1c(-c2ccccc2)[nH]c2ccccc12. The first-order valence-corrected chi connectivity index (χ1v) is 14.6. The molecule has 3 amide bonds. The molecule has 210 valence electrons. The van der Waals surface area contributed by atoms with E-state index in [4.69, 9.17) is 5.73 Å². The Hall–Kier alpha value is -4.39. The molecule has 3 atom stereocenters. The van der Waals surface area contributed by atoms with Crippen LogP contribution in [0.3, 0.4) is 0 Å². The number of aromatic nitrogens is 1. The van der Waals surface area contributed by atoms with Gasteiger partial charge in [0.05, 0.1) is 11.7 Å². The van der Waals surface area contributed by atoms with Crippen molar-refractivity contribution in [3.63, 3.8) is 0 Å². The van der Waals surface area contributed by atoms with Gasteiger partial charge in [0.1, 0.15) is 6.04 Å². The van der Waals surface area contributed by atoms with Gasteiger partial charge in [0.15, 0.2) is 0 Å². The van der Waals surface area contributed by atoms with Gasteiger partial charge in [-0.2, -0.15) is 0 Å². The minimum Gasteiger partial charge on any atom is -0.369 e. The Bertz CT molecular complexity index is 1600. The minimum atomic E-state index is -0.660. The van der Waals surface area contributed by atoms with Gasteiger partial charge in [0.2, 0.25) is 11.8 Å². The molecule has 0 bridgehead atoms. The number of carbonyl (C=O) groups is 3. The zero-order chi connectivity index (χ0) is 28.7. The number of piperidine rings is 1. The highest BCUT2D eigenvalue weighted by atomic mass is 16.2. The number of hydrogen-bond donors (Lipinski definition) is 2. The molecule has 0 saturated carbocycles. The number of likely N-dealkylation sites (tertiary alicyclic amines) is 1. The molecule has 7 nitrogen and oxygen atoms in total. The van der Waals surface area contributed by atoms with E-state index in [2.05, 4.69) is 43.1 Å². The quantitative estimate of drug-likeness (QED) is 0.318. The molecule has 2 aliphatic rings. The molecular formula is C34H36N4O3. The van der Waals surface area contributed by atoms with Gasteiger partial charge in [-0.15, -0.1) is 0 Å². The van der Waals surface area contributed by atoms with E-state index in [0.717, 1.165) is 39.7 Å². The zero-order valence-electron chi connectivity index (χ0n) is 23.5. The average molecular weight is 549 g/mol. The van der Waals surface area contributed by atoms with Crippen molar-refractivity contribution < 1.29 is 14.4 Å². The van der Waals surface area contributed by atoms with Crippen LogP contribution in [-0.4, -0.2) is 51.6 Å². The number of para-hydroxylation sites is 1. The molecule has 3 N–H and O–H groups in total. The van der Waals surface area contributed by atoms with E-state index in [1.807, 2.05) is 64.4 Å². The van der Waals surface area contributed by atoms with Crippen LogP contribution in [0, 0.1) is 11.8 Å². The first-order valence-electron chi connectivity index (χ1n) is 14.6. The van der Waals surface area contributed by atoms with Crippen molar-refractivity contribution in [3.8, 4) is 11.3 Å². The molecule has 2 aliphatic heterocycles. The molecule has 3 aromatic carbocycles. The molecule has 4 aromatic rings. The van der Waals surface area contributed by atoms with E-state index in [-0.39, 0.29) is 29.6 Å². The van der Waals surface area contributed by atoms with Crippen LogP contribution in [0.25, 0.3) is 22.2 Å². The predicted octanol–water partition coefficient (Wildman–Crippen LogP) is 5.52. The van der Waals surface area contributed by atoms with Crippen LogP contribution in [0.2, 0.25) is 0 Å². The number of nitrogens with one attached hydrogen (secondary N) is 1. The Labute approximate surface area is 240 Å². The summed E-state index contributed by atoms with van der Waals surface area (Å²) in [5, 5.41) is 1.03. The maximum atomic E-state index is 14.4. The number of nitrogens with two attached hydrogens (primary N) is 1. The molecule has 7 heteroatoms. The summed E-state index contributed by atoms with van der Waals surface area (Å²) in [7, 11) is 0. The second kappa shape index (κ2) is 10.9. The van der Waals surface area contributed by atoms with Crippen molar-refractivity contribution in [2.45, 2.75) is 45.2 Å². The van der Waals surface area contributed by atoms with Gasteiger partial charge in [0, 0.05) is 41.0 Å². The van der Waals surface area contributed by atoms with Crippen LogP contribution in [0.15, 0.2) is 78.9 Å². The minimum absolute atomic E-state index is 0.0606. The number of fused-ring (bicyclic) bond motifs is 2. The number of amides is 3. The summed E-state index contributed by atoms with van der Waals surface area (Å²) < 4.78 is 0. The van der Waals surface area contributed by atoms with Crippen molar-refractivity contribution in [1.82, 2.24) is 14.8 Å². The number of carbonyl (C=O) groups excluding carboxylic acids is 3. The van der Waals surface area contributed by atoms with E-state index in [9.17, 15) is 14.4 Å². The van der Waals surface area contributed by atoms with Gasteiger partial charge >= 0.3 is 0 Å². The summed E-state index contributed by atoms with van der Waals surface area (Å²) in [4.78, 5) is 47.9. The van der Waals surface area contributed by atoms with Gasteiger partial charge in [0.25, 0.3) is 5.91 Å². The first-order chi connectivity index (χ1) is 19.9. The summed E-state index contributed by atoms with van der Waals surface area (Å²) >= 11 is 0. The van der Waals surface area contributed by atoms with Crippen molar-refractivity contribution in [1.29, 1.82) is 0 Å². The number of primary amides is 1. The number of nitrogens with zero attached hydrogens (tertiary/aromatic N) is 2. The predicted molar refractivity (Wildman–Crippen MR) is 160 cm³/mol. The summed E-state index contributed by atoms with van der Waals surface area (Å²) in [5.41, 5.74) is 11.1. The van der Waals surface area contributed by atoms with Crippen LogP contribution < -0.4 is 5.73 Å². The fourth-order valence-corrected chi connectivity index (χ4v) is 6.63. The van der Waals surface area contributed by atoms with E-state index >= 15 is 0 Å². The van der Waals surface area contributed by atoms with Gasteiger partial charge < -0.3 is 20.5 Å². The van der Waals surface area contributed by atoms with Gasteiger partial charge in [-0.05, 0) is 42.0 Å². The Morgan fingerprint density at radius 1 is 0.951 bits per heavy atom. The van der Waals surface area contributed by atoms with E-state index < -0.39 is 12.1 Å². The fraction of sp³-hybridized carbons (Fsp3) is 0.324. The van der Waals surface area contributed by atoms with Crippen LogP contribution in [-0.2, 0) is 9.59 Å². The number of hydrogen-bond acceptors (Lipinski definition) is 3. The number of benzene rings is 3. The maximum absolute atomic E-state index is 14.4. The van der Waals surface area contributed by atoms with Crippen LogP contribution >= 0.6 is 0 Å². The summed E-state index contributed by atoms with van der Waals surface area (Å²) in [6.45, 7) is 5.04. The molecule has 3 heterocycles. The van der Waals surface area contributed by atoms with E-state index in [0.29, 0.717) is 31.5 Å². The molecule has 0 aliphatic carbocycles. The molecule has 1 saturated heterocycles. The smallest absolute Gasteiger partial charge is 0.255 e. The molecular weight excluding hydrogens is 512 g/mol.